The third-order valence-corrected chi connectivity index (χ3v) is 3.48. The minimum Gasteiger partial charge on any atom is -0.383 e. The fourth-order valence-corrected chi connectivity index (χ4v) is 2.52. The summed E-state index contributed by atoms with van der Waals surface area (Å²) in [7, 11) is 0. The van der Waals surface area contributed by atoms with E-state index in [4.69, 9.17) is 5.73 Å². The molecular weight excluding hydrogens is 266 g/mol. The average molecular weight is 272 g/mol. The van der Waals surface area contributed by atoms with Gasteiger partial charge in [-0.1, -0.05) is 0 Å². The Hall–Kier alpha value is -1.14. The highest BCUT2D eigenvalue weighted by atomic mass is 79.9. The number of hydrogen-bond acceptors (Lipinski definition) is 4. The molecule has 0 saturated carbocycles. The number of nitrogens with two attached hydrogens (primary N) is 1. The smallest absolute Gasteiger partial charge is 0.200 e. The lowest BCUT2D eigenvalue weighted by Crippen LogP contribution is -2.02. The zero-order valence-electron chi connectivity index (χ0n) is 6.95. The van der Waals surface area contributed by atoms with E-state index in [1.807, 2.05) is 5.38 Å². The predicted molar refractivity (Wildman–Crippen MR) is 58.5 cm³/mol. The highest BCUT2D eigenvalue weighted by molar-refractivity contribution is 9.10. The van der Waals surface area contributed by atoms with Gasteiger partial charge in [0, 0.05) is 20.8 Å². The van der Waals surface area contributed by atoms with Gasteiger partial charge in [-0.3, -0.25) is 9.89 Å². The van der Waals surface area contributed by atoms with E-state index < -0.39 is 0 Å². The minimum atomic E-state index is -0.121. The molecule has 72 valence electrons. The molecule has 0 aliphatic rings. The van der Waals surface area contributed by atoms with Crippen molar-refractivity contribution in [1.82, 2.24) is 10.2 Å². The Balaban J connectivity index is 2.44. The Bertz CT molecular complexity index is 434. The molecule has 0 unspecified atom stereocenters. The molecule has 2 aromatic heterocycles. The van der Waals surface area contributed by atoms with E-state index in [2.05, 4.69) is 26.1 Å². The number of thiophene rings is 1. The number of carbonyl (C=O) groups is 1. The van der Waals surface area contributed by atoms with Crippen LogP contribution in [0, 0.1) is 0 Å². The molecule has 0 aliphatic heterocycles. The summed E-state index contributed by atoms with van der Waals surface area (Å²) in [5, 5.41) is 9.85. The summed E-state index contributed by atoms with van der Waals surface area (Å²) in [6, 6.07) is 0. The van der Waals surface area contributed by atoms with Crippen molar-refractivity contribution in [2.75, 3.05) is 5.73 Å². The average Bonchev–Trinajstić information content (AvgIpc) is 2.73. The first kappa shape index (κ1) is 9.42. The molecule has 2 rings (SSSR count). The first-order valence-corrected chi connectivity index (χ1v) is 5.49. The van der Waals surface area contributed by atoms with E-state index in [9.17, 15) is 4.79 Å². The summed E-state index contributed by atoms with van der Waals surface area (Å²) in [4.78, 5) is 11.8. The van der Waals surface area contributed by atoms with Crippen LogP contribution in [0.3, 0.4) is 0 Å². The summed E-state index contributed by atoms with van der Waals surface area (Å²) in [6.07, 6.45) is 1.43. The number of nitrogen functional groups attached to an aromatic ring is 1. The lowest BCUT2D eigenvalue weighted by Gasteiger charge is -1.96. The Labute approximate surface area is 92.3 Å². The first-order valence-electron chi connectivity index (χ1n) is 3.75. The number of ketones is 1. The summed E-state index contributed by atoms with van der Waals surface area (Å²) in [6.45, 7) is 0. The van der Waals surface area contributed by atoms with E-state index in [0.29, 0.717) is 16.9 Å². The topological polar surface area (TPSA) is 71.8 Å². The second-order valence-corrected chi connectivity index (χ2v) is 4.26. The van der Waals surface area contributed by atoms with Crippen LogP contribution in [0.15, 0.2) is 21.4 Å². The second kappa shape index (κ2) is 3.55. The molecule has 0 atom stereocenters. The van der Waals surface area contributed by atoms with Gasteiger partial charge in [-0.15, -0.1) is 0 Å². The SMILES string of the molecule is Nc1[nH]ncc1C(=O)c1cscc1Br. The van der Waals surface area contributed by atoms with Crippen molar-refractivity contribution in [2.24, 2.45) is 0 Å². The van der Waals surface area contributed by atoms with Crippen LogP contribution in [0.4, 0.5) is 5.82 Å². The Morgan fingerprint density at radius 2 is 2.29 bits per heavy atom. The zero-order valence-corrected chi connectivity index (χ0v) is 9.35. The molecule has 2 aromatic rings. The monoisotopic (exact) mass is 271 g/mol. The van der Waals surface area contributed by atoms with Crippen LogP contribution in [0.2, 0.25) is 0 Å². The number of carbonyl (C=O) groups excluding carboxylic acids is 1. The highest BCUT2D eigenvalue weighted by Crippen LogP contribution is 2.25. The third-order valence-electron chi connectivity index (χ3n) is 1.77. The minimum absolute atomic E-state index is 0.121. The van der Waals surface area contributed by atoms with Crippen LogP contribution >= 0.6 is 27.3 Å². The standard InChI is InChI=1S/C8H6BrN3OS/c9-6-3-14-2-5(6)7(13)4-1-11-12-8(4)10/h1-3H,(H3,10,11,12). The van der Waals surface area contributed by atoms with Crippen LogP contribution in [-0.2, 0) is 0 Å². The van der Waals surface area contributed by atoms with Gasteiger partial charge in [0.2, 0.25) is 0 Å². The molecule has 14 heavy (non-hydrogen) atoms. The summed E-state index contributed by atoms with van der Waals surface area (Å²) in [5.74, 6) is 0.178. The molecule has 0 fully saturated rings. The van der Waals surface area contributed by atoms with Gasteiger partial charge in [-0.25, -0.2) is 0 Å². The molecule has 0 radical (unpaired) electrons. The summed E-state index contributed by atoms with van der Waals surface area (Å²) >= 11 is 4.75. The number of halogens is 1. The van der Waals surface area contributed by atoms with Gasteiger partial charge >= 0.3 is 0 Å². The van der Waals surface area contributed by atoms with Crippen molar-refractivity contribution >= 4 is 38.9 Å². The predicted octanol–water partition coefficient (Wildman–Crippen LogP) is 2.05. The van der Waals surface area contributed by atoms with Crippen LogP contribution in [0.5, 0.6) is 0 Å². The van der Waals surface area contributed by atoms with Gasteiger partial charge in [0.15, 0.2) is 5.78 Å². The largest absolute Gasteiger partial charge is 0.383 e. The van der Waals surface area contributed by atoms with Crippen molar-refractivity contribution < 1.29 is 4.79 Å². The normalized spacial score (nSPS) is 10.4. The van der Waals surface area contributed by atoms with Crippen molar-refractivity contribution in [2.45, 2.75) is 0 Å². The quantitative estimate of drug-likeness (QED) is 0.822. The fraction of sp³-hybridized carbons (Fsp3) is 0. The van der Waals surface area contributed by atoms with E-state index in [0.717, 1.165) is 4.47 Å². The van der Waals surface area contributed by atoms with Crippen molar-refractivity contribution in [1.29, 1.82) is 0 Å². The van der Waals surface area contributed by atoms with Gasteiger partial charge in [0.05, 0.1) is 11.8 Å². The fourth-order valence-electron chi connectivity index (χ4n) is 1.07. The number of aromatic amines is 1. The first-order chi connectivity index (χ1) is 6.70. The molecular formula is C8H6BrN3OS. The summed E-state index contributed by atoms with van der Waals surface area (Å²) < 4.78 is 0.785. The highest BCUT2D eigenvalue weighted by Gasteiger charge is 2.16. The molecule has 0 saturated heterocycles. The molecule has 0 aromatic carbocycles. The maximum Gasteiger partial charge on any atom is 0.200 e. The number of rotatable bonds is 2. The van der Waals surface area contributed by atoms with Gasteiger partial charge in [0.25, 0.3) is 0 Å². The van der Waals surface area contributed by atoms with Gasteiger partial charge in [-0.2, -0.15) is 16.4 Å². The Morgan fingerprint density at radius 3 is 2.79 bits per heavy atom. The van der Waals surface area contributed by atoms with Gasteiger partial charge in [0.1, 0.15) is 5.82 Å². The van der Waals surface area contributed by atoms with Crippen molar-refractivity contribution in [3.63, 3.8) is 0 Å². The van der Waals surface area contributed by atoms with Crippen LogP contribution in [0.1, 0.15) is 15.9 Å². The molecule has 4 nitrogen and oxygen atoms in total. The Morgan fingerprint density at radius 1 is 1.50 bits per heavy atom. The van der Waals surface area contributed by atoms with Gasteiger partial charge < -0.3 is 5.73 Å². The number of anilines is 1. The number of aromatic nitrogens is 2. The lowest BCUT2D eigenvalue weighted by molar-refractivity contribution is 0.103. The molecule has 0 aliphatic carbocycles. The van der Waals surface area contributed by atoms with Crippen molar-refractivity contribution in [3.05, 3.63) is 32.6 Å². The number of H-pyrrole nitrogens is 1. The number of nitrogens with zero attached hydrogens (tertiary/aromatic N) is 1. The molecule has 3 N–H and O–H groups in total. The van der Waals surface area contributed by atoms with E-state index >= 15 is 0 Å². The Kier molecular flexibility index (Phi) is 2.39. The molecule has 0 spiro atoms. The zero-order chi connectivity index (χ0) is 10.1. The molecule has 0 amide bonds. The van der Waals surface area contributed by atoms with Gasteiger partial charge in [-0.05, 0) is 15.9 Å². The molecule has 0 bridgehead atoms. The van der Waals surface area contributed by atoms with Crippen LogP contribution in [-0.4, -0.2) is 16.0 Å². The van der Waals surface area contributed by atoms with E-state index in [-0.39, 0.29) is 5.78 Å². The molecule has 2 heterocycles. The van der Waals surface area contributed by atoms with E-state index in [1.54, 1.807) is 5.38 Å². The molecule has 6 heteroatoms. The number of nitrogens with one attached hydrogen (secondary N) is 1. The van der Waals surface area contributed by atoms with E-state index in [1.165, 1.54) is 17.5 Å². The maximum absolute atomic E-state index is 11.8. The van der Waals surface area contributed by atoms with Crippen molar-refractivity contribution in [3.8, 4) is 0 Å². The second-order valence-electron chi connectivity index (χ2n) is 2.66. The lowest BCUT2D eigenvalue weighted by atomic mass is 10.1. The number of hydrogen-bond donors (Lipinski definition) is 2. The summed E-state index contributed by atoms with van der Waals surface area (Å²) in [5.41, 5.74) is 6.57. The van der Waals surface area contributed by atoms with Crippen LogP contribution in [0.25, 0.3) is 0 Å². The third kappa shape index (κ3) is 1.46. The van der Waals surface area contributed by atoms with Crippen LogP contribution < -0.4 is 5.73 Å². The maximum atomic E-state index is 11.8.